The molecule has 2 rings (SSSR count). The molecule has 114 valence electrons. The SMILES string of the molecule is Cc1ccc(CC(C)NS(=O)(=O)c2ccc(CO)cc2)s1. The number of thiophene rings is 1. The number of sulfonamides is 1. The monoisotopic (exact) mass is 325 g/mol. The molecule has 2 N–H and O–H groups in total. The van der Waals surface area contributed by atoms with Gasteiger partial charge in [0.1, 0.15) is 0 Å². The van der Waals surface area contributed by atoms with Gasteiger partial charge in [-0.05, 0) is 50.1 Å². The fraction of sp³-hybridized carbons (Fsp3) is 0.333. The minimum absolute atomic E-state index is 0.0953. The van der Waals surface area contributed by atoms with Gasteiger partial charge in [0.15, 0.2) is 0 Å². The van der Waals surface area contributed by atoms with Crippen molar-refractivity contribution >= 4 is 21.4 Å². The molecule has 4 nitrogen and oxygen atoms in total. The Bertz CT molecular complexity index is 690. The van der Waals surface area contributed by atoms with Crippen molar-refractivity contribution in [3.8, 4) is 0 Å². The number of aryl methyl sites for hydroxylation is 1. The zero-order valence-electron chi connectivity index (χ0n) is 12.0. The molecule has 2 aromatic rings. The molecule has 1 unspecified atom stereocenters. The first kappa shape index (κ1) is 16.2. The first-order valence-corrected chi connectivity index (χ1v) is 8.98. The highest BCUT2D eigenvalue weighted by atomic mass is 32.2. The van der Waals surface area contributed by atoms with E-state index < -0.39 is 10.0 Å². The molecular weight excluding hydrogens is 306 g/mol. The molecule has 0 aliphatic heterocycles. The summed E-state index contributed by atoms with van der Waals surface area (Å²) in [5.74, 6) is 0. The van der Waals surface area contributed by atoms with Crippen molar-refractivity contribution in [2.75, 3.05) is 0 Å². The normalized spacial score (nSPS) is 13.3. The molecule has 0 saturated heterocycles. The topological polar surface area (TPSA) is 66.4 Å². The molecule has 0 fully saturated rings. The highest BCUT2D eigenvalue weighted by Crippen LogP contribution is 2.18. The molecule has 0 saturated carbocycles. The molecule has 0 aliphatic carbocycles. The van der Waals surface area contributed by atoms with Crippen molar-refractivity contribution in [3.05, 3.63) is 51.7 Å². The summed E-state index contributed by atoms with van der Waals surface area (Å²) in [5.41, 5.74) is 0.691. The third kappa shape index (κ3) is 4.38. The van der Waals surface area contributed by atoms with E-state index in [1.54, 1.807) is 23.5 Å². The van der Waals surface area contributed by atoms with Crippen LogP contribution in [0.25, 0.3) is 0 Å². The Morgan fingerprint density at radius 3 is 2.38 bits per heavy atom. The summed E-state index contributed by atoms with van der Waals surface area (Å²) in [6.45, 7) is 3.79. The van der Waals surface area contributed by atoms with Crippen LogP contribution in [0.3, 0.4) is 0 Å². The van der Waals surface area contributed by atoms with E-state index in [1.807, 2.05) is 26.0 Å². The van der Waals surface area contributed by atoms with Gasteiger partial charge in [0.25, 0.3) is 0 Å². The molecule has 0 spiro atoms. The van der Waals surface area contributed by atoms with Crippen molar-refractivity contribution in [1.29, 1.82) is 0 Å². The molecule has 0 bridgehead atoms. The number of hydrogen-bond acceptors (Lipinski definition) is 4. The van der Waals surface area contributed by atoms with Gasteiger partial charge in [0.05, 0.1) is 11.5 Å². The third-order valence-electron chi connectivity index (χ3n) is 3.08. The van der Waals surface area contributed by atoms with Crippen LogP contribution in [0.15, 0.2) is 41.3 Å². The van der Waals surface area contributed by atoms with Crippen molar-refractivity contribution < 1.29 is 13.5 Å². The van der Waals surface area contributed by atoms with Crippen LogP contribution in [0, 0.1) is 6.92 Å². The van der Waals surface area contributed by atoms with Crippen LogP contribution < -0.4 is 4.72 Å². The fourth-order valence-corrected chi connectivity index (χ4v) is 4.31. The quantitative estimate of drug-likeness (QED) is 0.857. The Hall–Kier alpha value is -1.21. The fourth-order valence-electron chi connectivity index (χ4n) is 2.05. The number of hydrogen-bond donors (Lipinski definition) is 2. The largest absolute Gasteiger partial charge is 0.392 e. The van der Waals surface area contributed by atoms with Gasteiger partial charge in [-0.3, -0.25) is 0 Å². The van der Waals surface area contributed by atoms with E-state index in [9.17, 15) is 8.42 Å². The number of aliphatic hydroxyl groups is 1. The second-order valence-electron chi connectivity index (χ2n) is 5.04. The van der Waals surface area contributed by atoms with Gasteiger partial charge >= 0.3 is 0 Å². The van der Waals surface area contributed by atoms with Crippen LogP contribution >= 0.6 is 11.3 Å². The average Bonchev–Trinajstić information content (AvgIpc) is 2.83. The van der Waals surface area contributed by atoms with Crippen LogP contribution in [0.1, 0.15) is 22.2 Å². The van der Waals surface area contributed by atoms with E-state index in [4.69, 9.17) is 5.11 Å². The lowest BCUT2D eigenvalue weighted by atomic mass is 10.2. The molecule has 1 aromatic carbocycles. The van der Waals surface area contributed by atoms with Crippen LogP contribution in [0.5, 0.6) is 0 Å². The number of aliphatic hydroxyl groups excluding tert-OH is 1. The summed E-state index contributed by atoms with van der Waals surface area (Å²) in [6, 6.07) is 10.1. The van der Waals surface area contributed by atoms with Gasteiger partial charge in [0, 0.05) is 15.8 Å². The second-order valence-corrected chi connectivity index (χ2v) is 8.13. The second kappa shape index (κ2) is 6.70. The molecule has 0 aliphatic rings. The standard InChI is InChI=1S/C15H19NO3S2/c1-11(9-14-6-3-12(2)20-14)16-21(18,19)15-7-4-13(10-17)5-8-15/h3-8,11,16-17H,9-10H2,1-2H3. The Labute approximate surface area is 129 Å². The van der Waals surface area contributed by atoms with Crippen LogP contribution in [-0.2, 0) is 23.1 Å². The maximum Gasteiger partial charge on any atom is 0.240 e. The minimum atomic E-state index is -3.52. The number of benzene rings is 1. The maximum atomic E-state index is 12.3. The number of nitrogens with one attached hydrogen (secondary N) is 1. The van der Waals surface area contributed by atoms with Crippen molar-refractivity contribution in [1.82, 2.24) is 4.72 Å². The maximum absolute atomic E-state index is 12.3. The zero-order chi connectivity index (χ0) is 15.5. The van der Waals surface area contributed by atoms with E-state index in [0.717, 1.165) is 0 Å². The summed E-state index contributed by atoms with van der Waals surface area (Å²) in [5, 5.41) is 8.98. The van der Waals surface area contributed by atoms with Gasteiger partial charge in [-0.25, -0.2) is 13.1 Å². The van der Waals surface area contributed by atoms with Crippen LogP contribution in [-0.4, -0.2) is 19.6 Å². The van der Waals surface area contributed by atoms with E-state index >= 15 is 0 Å². The zero-order valence-corrected chi connectivity index (χ0v) is 13.7. The van der Waals surface area contributed by atoms with Gasteiger partial charge in [0.2, 0.25) is 10.0 Å². The molecular formula is C15H19NO3S2. The summed E-state index contributed by atoms with van der Waals surface area (Å²) in [6.07, 6.45) is 0.673. The van der Waals surface area contributed by atoms with E-state index in [-0.39, 0.29) is 17.5 Å². The van der Waals surface area contributed by atoms with Gasteiger partial charge in [-0.2, -0.15) is 0 Å². The first-order valence-electron chi connectivity index (χ1n) is 6.68. The van der Waals surface area contributed by atoms with Crippen molar-refractivity contribution in [3.63, 3.8) is 0 Å². The molecule has 21 heavy (non-hydrogen) atoms. The Morgan fingerprint density at radius 2 is 1.86 bits per heavy atom. The van der Waals surface area contributed by atoms with Crippen molar-refractivity contribution in [2.24, 2.45) is 0 Å². The van der Waals surface area contributed by atoms with E-state index in [1.165, 1.54) is 21.9 Å². The Balaban J connectivity index is 2.05. The summed E-state index contributed by atoms with van der Waals surface area (Å²) in [7, 11) is -3.52. The smallest absolute Gasteiger partial charge is 0.240 e. The predicted molar refractivity (Wildman–Crippen MR) is 84.9 cm³/mol. The molecule has 0 radical (unpaired) electrons. The lowest BCUT2D eigenvalue weighted by molar-refractivity contribution is 0.282. The third-order valence-corrected chi connectivity index (χ3v) is 5.70. The molecule has 1 heterocycles. The lowest BCUT2D eigenvalue weighted by Gasteiger charge is -2.13. The minimum Gasteiger partial charge on any atom is -0.392 e. The van der Waals surface area contributed by atoms with Crippen molar-refractivity contribution in [2.45, 2.75) is 37.8 Å². The molecule has 1 aromatic heterocycles. The first-order chi connectivity index (χ1) is 9.90. The Morgan fingerprint density at radius 1 is 1.19 bits per heavy atom. The summed E-state index contributed by atoms with van der Waals surface area (Å²) < 4.78 is 27.2. The van der Waals surface area contributed by atoms with Crippen LogP contribution in [0.2, 0.25) is 0 Å². The number of rotatable bonds is 6. The van der Waals surface area contributed by atoms with Crippen LogP contribution in [0.4, 0.5) is 0 Å². The van der Waals surface area contributed by atoms with Gasteiger partial charge < -0.3 is 5.11 Å². The van der Waals surface area contributed by atoms with E-state index in [0.29, 0.717) is 12.0 Å². The molecule has 1 atom stereocenters. The molecule has 6 heteroatoms. The van der Waals surface area contributed by atoms with Gasteiger partial charge in [-0.15, -0.1) is 11.3 Å². The van der Waals surface area contributed by atoms with Gasteiger partial charge in [-0.1, -0.05) is 12.1 Å². The highest BCUT2D eigenvalue weighted by Gasteiger charge is 2.17. The summed E-state index contributed by atoms with van der Waals surface area (Å²) >= 11 is 1.68. The average molecular weight is 325 g/mol. The predicted octanol–water partition coefficient (Wildman–Crippen LogP) is 2.46. The summed E-state index contributed by atoms with van der Waals surface area (Å²) in [4.78, 5) is 2.60. The Kier molecular flexibility index (Phi) is 5.16. The molecule has 0 amide bonds. The van der Waals surface area contributed by atoms with E-state index in [2.05, 4.69) is 4.72 Å². The lowest BCUT2D eigenvalue weighted by Crippen LogP contribution is -2.33. The highest BCUT2D eigenvalue weighted by molar-refractivity contribution is 7.89.